The first-order valence-corrected chi connectivity index (χ1v) is 11.5. The number of H-pyrrole nitrogens is 1. The summed E-state index contributed by atoms with van der Waals surface area (Å²) in [6.45, 7) is 2.79. The van der Waals surface area contributed by atoms with Crippen molar-refractivity contribution >= 4 is 22.9 Å². The minimum Gasteiger partial charge on any atom is -0.493 e. The third-order valence-electron chi connectivity index (χ3n) is 7.02. The molecule has 0 bridgehead atoms. The van der Waals surface area contributed by atoms with Crippen LogP contribution >= 0.6 is 0 Å². The fourth-order valence-corrected chi connectivity index (χ4v) is 5.50. The van der Waals surface area contributed by atoms with E-state index in [-0.39, 0.29) is 18.2 Å². The van der Waals surface area contributed by atoms with Crippen molar-refractivity contribution in [2.24, 2.45) is 0 Å². The third-order valence-corrected chi connectivity index (χ3v) is 7.02. The van der Waals surface area contributed by atoms with Crippen molar-refractivity contribution in [2.75, 3.05) is 31.2 Å². The number of anilines is 1. The first kappa shape index (κ1) is 19.4. The topological polar surface area (TPSA) is 83.6 Å². The second-order valence-corrected chi connectivity index (χ2v) is 8.79. The zero-order valence-electron chi connectivity index (χ0n) is 18.0. The molecule has 3 aliphatic heterocycles. The van der Waals surface area contributed by atoms with Crippen molar-refractivity contribution in [3.05, 3.63) is 47.9 Å². The highest BCUT2D eigenvalue weighted by molar-refractivity contribution is 5.87. The Morgan fingerprint density at radius 1 is 1.19 bits per heavy atom. The van der Waals surface area contributed by atoms with Gasteiger partial charge in [0.2, 0.25) is 0 Å². The molecule has 0 saturated carbocycles. The molecule has 32 heavy (non-hydrogen) atoms. The summed E-state index contributed by atoms with van der Waals surface area (Å²) in [7, 11) is 0. The second kappa shape index (κ2) is 8.00. The van der Waals surface area contributed by atoms with Gasteiger partial charge >= 0.3 is 6.09 Å². The minimum atomic E-state index is -0.194. The lowest BCUT2D eigenvalue weighted by Crippen LogP contribution is -2.52. The van der Waals surface area contributed by atoms with Crippen LogP contribution in [0, 0.1) is 0 Å². The quantitative estimate of drug-likeness (QED) is 0.680. The van der Waals surface area contributed by atoms with Crippen LogP contribution < -0.4 is 9.64 Å². The molecule has 2 saturated heterocycles. The van der Waals surface area contributed by atoms with Crippen LogP contribution in [-0.2, 0) is 17.6 Å². The van der Waals surface area contributed by atoms with E-state index in [2.05, 4.69) is 32.0 Å². The fraction of sp³-hybridized carbons (Fsp3) is 0.458. The number of benzene rings is 1. The number of nitrogens with one attached hydrogen (secondary N) is 1. The summed E-state index contributed by atoms with van der Waals surface area (Å²) in [5.74, 6) is 1.94. The van der Waals surface area contributed by atoms with Gasteiger partial charge in [-0.3, -0.25) is 0 Å². The number of likely N-dealkylation sites (tertiary alicyclic amines) is 1. The summed E-state index contributed by atoms with van der Waals surface area (Å²) >= 11 is 0. The molecule has 0 unspecified atom stereocenters. The molecular formula is C24H27N5O3. The highest BCUT2D eigenvalue weighted by Gasteiger charge is 2.43. The first-order chi connectivity index (χ1) is 15.8. The molecule has 5 heterocycles. The number of aromatic nitrogens is 3. The summed E-state index contributed by atoms with van der Waals surface area (Å²) in [6, 6.07) is 8.71. The van der Waals surface area contributed by atoms with Crippen LogP contribution in [0.5, 0.6) is 5.75 Å². The van der Waals surface area contributed by atoms with E-state index in [0.717, 1.165) is 74.4 Å². The van der Waals surface area contributed by atoms with Gasteiger partial charge in [0.25, 0.3) is 0 Å². The highest BCUT2D eigenvalue weighted by Crippen LogP contribution is 2.36. The van der Waals surface area contributed by atoms with Gasteiger partial charge in [0.05, 0.1) is 30.7 Å². The fourth-order valence-electron chi connectivity index (χ4n) is 5.50. The molecule has 1 N–H and O–H groups in total. The van der Waals surface area contributed by atoms with Crippen LogP contribution in [0.1, 0.15) is 30.4 Å². The van der Waals surface area contributed by atoms with E-state index >= 15 is 0 Å². The Morgan fingerprint density at radius 3 is 3.12 bits per heavy atom. The van der Waals surface area contributed by atoms with E-state index in [0.29, 0.717) is 6.61 Å². The molecule has 1 aromatic carbocycles. The molecule has 1 amide bonds. The van der Waals surface area contributed by atoms with E-state index < -0.39 is 0 Å². The molecule has 2 atom stereocenters. The minimum absolute atomic E-state index is 0.164. The van der Waals surface area contributed by atoms with E-state index in [9.17, 15) is 4.79 Å². The molecule has 8 heteroatoms. The van der Waals surface area contributed by atoms with Gasteiger partial charge in [-0.2, -0.15) is 0 Å². The largest absolute Gasteiger partial charge is 0.493 e. The molecule has 3 aromatic rings. The molecule has 6 rings (SSSR count). The lowest BCUT2D eigenvalue weighted by atomic mass is 9.97. The van der Waals surface area contributed by atoms with E-state index in [4.69, 9.17) is 9.47 Å². The van der Waals surface area contributed by atoms with Gasteiger partial charge in [0.15, 0.2) is 0 Å². The maximum atomic E-state index is 13.0. The zero-order valence-corrected chi connectivity index (χ0v) is 18.0. The van der Waals surface area contributed by atoms with Crippen molar-refractivity contribution in [3.8, 4) is 5.75 Å². The monoisotopic (exact) mass is 433 g/mol. The van der Waals surface area contributed by atoms with Crippen molar-refractivity contribution < 1.29 is 14.3 Å². The van der Waals surface area contributed by atoms with Gasteiger partial charge in [0.1, 0.15) is 23.5 Å². The molecule has 2 fully saturated rings. The number of piperidine rings is 1. The Kier molecular flexibility index (Phi) is 4.85. The lowest BCUT2D eigenvalue weighted by molar-refractivity contribution is 0.0730. The standard InChI is InChI=1S/C24H27N5O3/c30-24(32-12-7-16-3-4-21-17(14-16)8-13-31-21)29-10-1-2-19-20(29)6-11-28(19)23-18-5-9-25-22(18)26-15-27-23/h3-5,9,14-15,19-20H,1-2,6-8,10-13H2,(H,25,26,27)/t19-,20-/m1/s1. The van der Waals surface area contributed by atoms with E-state index in [1.165, 1.54) is 11.1 Å². The number of carbonyl (C=O) groups excluding carboxylic acids is 1. The van der Waals surface area contributed by atoms with Crippen molar-refractivity contribution in [3.63, 3.8) is 0 Å². The van der Waals surface area contributed by atoms with Crippen molar-refractivity contribution in [2.45, 2.75) is 44.2 Å². The maximum absolute atomic E-state index is 13.0. The number of hydrogen-bond donors (Lipinski definition) is 1. The van der Waals surface area contributed by atoms with E-state index in [1.807, 2.05) is 23.2 Å². The predicted molar refractivity (Wildman–Crippen MR) is 120 cm³/mol. The Hall–Kier alpha value is -3.29. The number of ether oxygens (including phenoxy) is 2. The average Bonchev–Trinajstić information content (AvgIpc) is 3.57. The molecule has 166 valence electrons. The van der Waals surface area contributed by atoms with Gasteiger partial charge < -0.3 is 24.3 Å². The van der Waals surface area contributed by atoms with Crippen LogP contribution in [0.15, 0.2) is 36.8 Å². The second-order valence-electron chi connectivity index (χ2n) is 8.79. The molecule has 0 spiro atoms. The van der Waals surface area contributed by atoms with Crippen molar-refractivity contribution in [1.82, 2.24) is 19.9 Å². The molecule has 0 radical (unpaired) electrons. The lowest BCUT2D eigenvalue weighted by Gasteiger charge is -2.39. The zero-order chi connectivity index (χ0) is 21.5. The summed E-state index contributed by atoms with van der Waals surface area (Å²) in [5, 5.41) is 1.03. The van der Waals surface area contributed by atoms with Gasteiger partial charge in [0, 0.05) is 32.1 Å². The summed E-state index contributed by atoms with van der Waals surface area (Å²) in [4.78, 5) is 29.3. The molecule has 0 aliphatic carbocycles. The van der Waals surface area contributed by atoms with Crippen LogP contribution in [0.2, 0.25) is 0 Å². The number of aromatic amines is 1. The average molecular weight is 434 g/mol. The third kappa shape index (κ3) is 3.34. The number of carbonyl (C=O) groups is 1. The molecule has 3 aliphatic rings. The summed E-state index contributed by atoms with van der Waals surface area (Å²) in [5.41, 5.74) is 3.29. The van der Waals surface area contributed by atoms with Crippen LogP contribution in [0.25, 0.3) is 11.0 Å². The van der Waals surface area contributed by atoms with Gasteiger partial charge in [-0.05, 0) is 42.5 Å². The number of rotatable bonds is 4. The van der Waals surface area contributed by atoms with Crippen LogP contribution in [-0.4, -0.2) is 64.3 Å². The number of nitrogens with zero attached hydrogens (tertiary/aromatic N) is 4. The Labute approximate surface area is 186 Å². The molecule has 8 nitrogen and oxygen atoms in total. The first-order valence-electron chi connectivity index (χ1n) is 11.5. The SMILES string of the molecule is O=C(OCCc1ccc2c(c1)CCO2)N1CCC[C@@H]2[C@H]1CCN2c1ncnc2[nH]ccc12. The Balaban J connectivity index is 1.11. The Bertz CT molecular complexity index is 1150. The highest BCUT2D eigenvalue weighted by atomic mass is 16.6. The number of hydrogen-bond acceptors (Lipinski definition) is 6. The van der Waals surface area contributed by atoms with Gasteiger partial charge in [-0.15, -0.1) is 0 Å². The molecular weight excluding hydrogens is 406 g/mol. The maximum Gasteiger partial charge on any atom is 0.410 e. The smallest absolute Gasteiger partial charge is 0.410 e. The number of amides is 1. The molecule has 2 aromatic heterocycles. The van der Waals surface area contributed by atoms with Gasteiger partial charge in [-0.1, -0.05) is 12.1 Å². The van der Waals surface area contributed by atoms with Crippen LogP contribution in [0.3, 0.4) is 0 Å². The Morgan fingerprint density at radius 2 is 2.16 bits per heavy atom. The summed E-state index contributed by atoms with van der Waals surface area (Å²) < 4.78 is 11.3. The predicted octanol–water partition coefficient (Wildman–Crippen LogP) is 3.32. The number of fused-ring (bicyclic) bond motifs is 3. The van der Waals surface area contributed by atoms with Crippen molar-refractivity contribution in [1.29, 1.82) is 0 Å². The van der Waals surface area contributed by atoms with E-state index in [1.54, 1.807) is 6.33 Å². The summed E-state index contributed by atoms with van der Waals surface area (Å²) in [6.07, 6.45) is 7.95. The normalized spacial score (nSPS) is 22.0. The van der Waals surface area contributed by atoms with Gasteiger partial charge in [-0.25, -0.2) is 14.8 Å². The van der Waals surface area contributed by atoms with Crippen LogP contribution in [0.4, 0.5) is 10.6 Å².